The molecule has 0 spiro atoms. The van der Waals surface area contributed by atoms with Crippen LogP contribution in [0.25, 0.3) is 26.8 Å². The number of halogens is 2. The standard InChI is InChI=1S/C15H8ClFN2S2/c16-10-6-12-13(7-11(10)17)19(15(20)18-12)9-1-2-14-8(5-9)3-4-21-14/h1-7H,(H,18,20). The van der Waals surface area contributed by atoms with Gasteiger partial charge in [0.05, 0.1) is 16.1 Å². The molecule has 2 heterocycles. The van der Waals surface area contributed by atoms with Gasteiger partial charge in [0.1, 0.15) is 5.82 Å². The molecule has 0 saturated carbocycles. The van der Waals surface area contributed by atoms with Crippen molar-refractivity contribution in [2.24, 2.45) is 0 Å². The fourth-order valence-corrected chi connectivity index (χ4v) is 3.70. The SMILES string of the molecule is Fc1cc2c(cc1Cl)[nH]c(=S)n2-c1ccc2sccc2c1. The molecule has 0 aliphatic heterocycles. The minimum atomic E-state index is -0.455. The molecule has 2 nitrogen and oxygen atoms in total. The number of H-pyrrole nitrogens is 1. The highest BCUT2D eigenvalue weighted by atomic mass is 35.5. The first-order valence-corrected chi connectivity index (χ1v) is 7.87. The van der Waals surface area contributed by atoms with Crippen LogP contribution in [-0.4, -0.2) is 9.55 Å². The van der Waals surface area contributed by atoms with Crippen molar-refractivity contribution in [3.8, 4) is 5.69 Å². The van der Waals surface area contributed by atoms with Crippen molar-refractivity contribution in [2.45, 2.75) is 0 Å². The third kappa shape index (κ3) is 2.00. The molecule has 0 aliphatic carbocycles. The van der Waals surface area contributed by atoms with Crippen LogP contribution in [0.5, 0.6) is 0 Å². The number of benzene rings is 2. The van der Waals surface area contributed by atoms with E-state index in [0.717, 1.165) is 16.6 Å². The molecule has 4 rings (SSSR count). The molecular weight excluding hydrogens is 327 g/mol. The Morgan fingerprint density at radius 2 is 2.05 bits per heavy atom. The van der Waals surface area contributed by atoms with E-state index in [9.17, 15) is 4.39 Å². The zero-order valence-electron chi connectivity index (χ0n) is 10.6. The molecule has 2 aromatic carbocycles. The summed E-state index contributed by atoms with van der Waals surface area (Å²) in [7, 11) is 0. The number of thiophene rings is 1. The van der Waals surface area contributed by atoms with Gasteiger partial charge in [0.15, 0.2) is 4.77 Å². The number of nitrogens with one attached hydrogen (secondary N) is 1. The van der Waals surface area contributed by atoms with Crippen LogP contribution in [0.15, 0.2) is 41.8 Å². The van der Waals surface area contributed by atoms with E-state index in [1.54, 1.807) is 17.4 Å². The van der Waals surface area contributed by atoms with E-state index in [1.165, 1.54) is 10.8 Å². The predicted molar refractivity (Wildman–Crippen MR) is 88.8 cm³/mol. The number of aromatic amines is 1. The molecule has 21 heavy (non-hydrogen) atoms. The summed E-state index contributed by atoms with van der Waals surface area (Å²) in [5.41, 5.74) is 2.30. The largest absolute Gasteiger partial charge is 0.330 e. The number of hydrogen-bond acceptors (Lipinski definition) is 2. The van der Waals surface area contributed by atoms with Crippen molar-refractivity contribution in [3.05, 3.63) is 57.4 Å². The lowest BCUT2D eigenvalue weighted by Crippen LogP contribution is -1.94. The zero-order chi connectivity index (χ0) is 14.6. The van der Waals surface area contributed by atoms with Crippen molar-refractivity contribution in [1.82, 2.24) is 9.55 Å². The summed E-state index contributed by atoms with van der Waals surface area (Å²) in [6.07, 6.45) is 0. The number of nitrogens with zero attached hydrogens (tertiary/aromatic N) is 1. The Morgan fingerprint density at radius 1 is 1.19 bits per heavy atom. The minimum absolute atomic E-state index is 0.0826. The van der Waals surface area contributed by atoms with Gasteiger partial charge in [0.25, 0.3) is 0 Å². The third-order valence-corrected chi connectivity index (χ3v) is 4.89. The van der Waals surface area contributed by atoms with E-state index in [1.807, 2.05) is 28.1 Å². The molecule has 0 radical (unpaired) electrons. The van der Waals surface area contributed by atoms with Gasteiger partial charge in [-0.1, -0.05) is 11.6 Å². The van der Waals surface area contributed by atoms with Crippen molar-refractivity contribution >= 4 is 56.3 Å². The predicted octanol–water partition coefficient (Wildman–Crippen LogP) is 5.70. The summed E-state index contributed by atoms with van der Waals surface area (Å²) < 4.78 is 17.3. The average molecular weight is 335 g/mol. The lowest BCUT2D eigenvalue weighted by Gasteiger charge is -2.05. The monoisotopic (exact) mass is 334 g/mol. The second-order valence-electron chi connectivity index (χ2n) is 4.69. The maximum absolute atomic E-state index is 13.8. The average Bonchev–Trinajstić information content (AvgIpc) is 3.02. The quantitative estimate of drug-likeness (QED) is 0.443. The van der Waals surface area contributed by atoms with Gasteiger partial charge in [-0.2, -0.15) is 0 Å². The summed E-state index contributed by atoms with van der Waals surface area (Å²) >= 11 is 12.9. The molecule has 0 bridgehead atoms. The second kappa shape index (κ2) is 4.66. The Hall–Kier alpha value is -1.69. The highest BCUT2D eigenvalue weighted by Crippen LogP contribution is 2.28. The Kier molecular flexibility index (Phi) is 2.89. The van der Waals surface area contributed by atoms with Crippen LogP contribution in [0, 0.1) is 10.6 Å². The molecule has 0 fully saturated rings. The van der Waals surface area contributed by atoms with Crippen molar-refractivity contribution in [2.75, 3.05) is 0 Å². The molecule has 0 saturated heterocycles. The summed E-state index contributed by atoms with van der Waals surface area (Å²) in [6, 6.07) is 11.1. The molecule has 0 amide bonds. The van der Waals surface area contributed by atoms with E-state index in [4.69, 9.17) is 23.8 Å². The Labute approximate surface area is 133 Å². The molecule has 104 valence electrons. The Morgan fingerprint density at radius 3 is 2.90 bits per heavy atom. The first-order valence-electron chi connectivity index (χ1n) is 6.21. The van der Waals surface area contributed by atoms with Crippen LogP contribution in [0.4, 0.5) is 4.39 Å². The molecule has 4 aromatic rings. The van der Waals surface area contributed by atoms with Crippen LogP contribution in [0.2, 0.25) is 5.02 Å². The van der Waals surface area contributed by atoms with Gasteiger partial charge in [0, 0.05) is 16.5 Å². The minimum Gasteiger partial charge on any atom is -0.330 e. The highest BCUT2D eigenvalue weighted by Gasteiger charge is 2.11. The van der Waals surface area contributed by atoms with Crippen LogP contribution in [0.3, 0.4) is 0 Å². The van der Waals surface area contributed by atoms with E-state index in [-0.39, 0.29) is 5.02 Å². The first-order chi connectivity index (χ1) is 10.1. The second-order valence-corrected chi connectivity index (χ2v) is 6.43. The van der Waals surface area contributed by atoms with Crippen LogP contribution < -0.4 is 0 Å². The summed E-state index contributed by atoms with van der Waals surface area (Å²) in [6.45, 7) is 0. The van der Waals surface area contributed by atoms with E-state index < -0.39 is 5.82 Å². The summed E-state index contributed by atoms with van der Waals surface area (Å²) in [4.78, 5) is 3.06. The normalized spacial score (nSPS) is 11.5. The number of fused-ring (bicyclic) bond motifs is 2. The lowest BCUT2D eigenvalue weighted by molar-refractivity contribution is 0.629. The number of hydrogen-bond donors (Lipinski definition) is 1. The maximum atomic E-state index is 13.8. The lowest BCUT2D eigenvalue weighted by atomic mass is 10.2. The smallest absolute Gasteiger partial charge is 0.182 e. The third-order valence-electron chi connectivity index (χ3n) is 3.42. The van der Waals surface area contributed by atoms with Crippen LogP contribution in [-0.2, 0) is 0 Å². The topological polar surface area (TPSA) is 20.7 Å². The molecule has 0 unspecified atom stereocenters. The van der Waals surface area contributed by atoms with Gasteiger partial charge in [-0.25, -0.2) is 4.39 Å². The van der Waals surface area contributed by atoms with Gasteiger partial charge in [-0.3, -0.25) is 4.57 Å². The number of aromatic nitrogens is 2. The van der Waals surface area contributed by atoms with Crippen LogP contribution >= 0.6 is 35.2 Å². The maximum Gasteiger partial charge on any atom is 0.182 e. The van der Waals surface area contributed by atoms with Crippen molar-refractivity contribution in [3.63, 3.8) is 0 Å². The van der Waals surface area contributed by atoms with Gasteiger partial charge in [-0.15, -0.1) is 11.3 Å². The number of rotatable bonds is 1. The Balaban J connectivity index is 2.06. The highest BCUT2D eigenvalue weighted by molar-refractivity contribution is 7.71. The van der Waals surface area contributed by atoms with E-state index in [0.29, 0.717) is 10.3 Å². The molecular formula is C15H8ClFN2S2. The molecule has 6 heteroatoms. The fraction of sp³-hybridized carbons (Fsp3) is 0. The fourth-order valence-electron chi connectivity index (χ4n) is 2.45. The van der Waals surface area contributed by atoms with Gasteiger partial charge >= 0.3 is 0 Å². The van der Waals surface area contributed by atoms with Crippen molar-refractivity contribution < 1.29 is 4.39 Å². The van der Waals surface area contributed by atoms with Gasteiger partial charge in [0.2, 0.25) is 0 Å². The summed E-state index contributed by atoms with van der Waals surface area (Å²) in [5, 5.41) is 3.27. The molecule has 2 aromatic heterocycles. The Bertz CT molecular complexity index is 1040. The summed E-state index contributed by atoms with van der Waals surface area (Å²) in [5.74, 6) is -0.455. The van der Waals surface area contributed by atoms with Crippen molar-refractivity contribution in [1.29, 1.82) is 0 Å². The molecule has 0 aliphatic rings. The van der Waals surface area contributed by atoms with Gasteiger partial charge < -0.3 is 4.98 Å². The molecule has 0 atom stereocenters. The number of imidazole rings is 1. The van der Waals surface area contributed by atoms with Gasteiger partial charge in [-0.05, 0) is 53.3 Å². The first kappa shape index (κ1) is 13.0. The van der Waals surface area contributed by atoms with E-state index in [2.05, 4.69) is 11.1 Å². The molecule has 1 N–H and O–H groups in total. The van der Waals surface area contributed by atoms with E-state index >= 15 is 0 Å². The zero-order valence-corrected chi connectivity index (χ0v) is 13.0. The van der Waals surface area contributed by atoms with Crippen LogP contribution in [0.1, 0.15) is 0 Å².